The van der Waals surface area contributed by atoms with Crippen molar-refractivity contribution < 1.29 is 23.8 Å². The number of aromatic nitrogens is 4. The molecule has 1 aliphatic heterocycles. The smallest absolute Gasteiger partial charge is 0.303 e. The van der Waals surface area contributed by atoms with Gasteiger partial charge in [0.2, 0.25) is 5.28 Å². The van der Waals surface area contributed by atoms with Crippen LogP contribution in [-0.2, 0) is 23.8 Å². The van der Waals surface area contributed by atoms with Crippen LogP contribution in [0.1, 0.15) is 26.5 Å². The minimum atomic E-state index is -0.608. The van der Waals surface area contributed by atoms with Crippen LogP contribution in [0.3, 0.4) is 0 Å². The normalized spacial score (nSPS) is 23.0. The molecule has 0 aromatic carbocycles. The number of esters is 2. The molecule has 0 N–H and O–H groups in total. The maximum atomic E-state index is 11.3. The van der Waals surface area contributed by atoms with Crippen LogP contribution >= 0.6 is 23.2 Å². The molecular formula is C14H14Cl2N4O5. The summed E-state index contributed by atoms with van der Waals surface area (Å²) in [5, 5.41) is 0.102. The fourth-order valence-corrected chi connectivity index (χ4v) is 3.05. The highest BCUT2D eigenvalue weighted by Gasteiger charge is 2.40. The van der Waals surface area contributed by atoms with Gasteiger partial charge in [0.15, 0.2) is 10.8 Å². The Bertz CT molecular complexity index is 827. The van der Waals surface area contributed by atoms with Gasteiger partial charge >= 0.3 is 11.9 Å². The number of rotatable bonds is 4. The number of hydrogen-bond donors (Lipinski definition) is 0. The Morgan fingerprint density at radius 3 is 2.76 bits per heavy atom. The minimum Gasteiger partial charge on any atom is -0.463 e. The van der Waals surface area contributed by atoms with Crippen LogP contribution in [0.4, 0.5) is 0 Å². The second kappa shape index (κ2) is 7.11. The minimum absolute atomic E-state index is 0.0229. The zero-order valence-electron chi connectivity index (χ0n) is 13.3. The van der Waals surface area contributed by atoms with Gasteiger partial charge in [-0.05, 0) is 11.6 Å². The summed E-state index contributed by atoms with van der Waals surface area (Å²) in [7, 11) is 0. The van der Waals surface area contributed by atoms with Gasteiger partial charge in [-0.2, -0.15) is 4.98 Å². The number of nitrogens with zero attached hydrogens (tertiary/aromatic N) is 4. The molecule has 0 bridgehead atoms. The SMILES string of the molecule is CC(=O)OC[C@H]1O[C@H](n2cnc3c(Cl)nc(Cl)nc32)CC1OC(C)=O. The first kappa shape index (κ1) is 17.8. The second-order valence-corrected chi connectivity index (χ2v) is 6.12. The molecule has 3 heterocycles. The lowest BCUT2D eigenvalue weighted by atomic mass is 10.2. The topological polar surface area (TPSA) is 105 Å². The van der Waals surface area contributed by atoms with E-state index in [4.69, 9.17) is 37.4 Å². The molecule has 1 fully saturated rings. The van der Waals surface area contributed by atoms with E-state index in [1.807, 2.05) is 0 Å². The van der Waals surface area contributed by atoms with Crippen molar-refractivity contribution in [1.82, 2.24) is 19.5 Å². The van der Waals surface area contributed by atoms with E-state index in [0.717, 1.165) is 0 Å². The average molecular weight is 389 g/mol. The van der Waals surface area contributed by atoms with E-state index in [-0.39, 0.29) is 17.0 Å². The number of imidazole rings is 1. The van der Waals surface area contributed by atoms with Crippen molar-refractivity contribution in [3.05, 3.63) is 16.8 Å². The highest BCUT2D eigenvalue weighted by Crippen LogP contribution is 2.34. The standard InChI is InChI=1S/C14H14Cl2N4O5/c1-6(21)23-4-9-8(24-7(2)22)3-10(25-9)20-5-17-11-12(15)18-14(16)19-13(11)20/h5,8-10H,3-4H2,1-2H3/t8?,9-,10+/m1/s1. The predicted molar refractivity (Wildman–Crippen MR) is 86.1 cm³/mol. The highest BCUT2D eigenvalue weighted by molar-refractivity contribution is 6.35. The summed E-state index contributed by atoms with van der Waals surface area (Å²) < 4.78 is 17.8. The molecule has 2 aromatic rings. The van der Waals surface area contributed by atoms with E-state index in [1.54, 1.807) is 4.57 Å². The molecule has 11 heteroatoms. The van der Waals surface area contributed by atoms with Gasteiger partial charge in [0.25, 0.3) is 0 Å². The Balaban J connectivity index is 1.87. The Morgan fingerprint density at radius 2 is 2.08 bits per heavy atom. The van der Waals surface area contributed by atoms with Crippen LogP contribution in [-0.4, -0.2) is 50.3 Å². The van der Waals surface area contributed by atoms with Crippen LogP contribution in [0.2, 0.25) is 10.4 Å². The lowest BCUT2D eigenvalue weighted by molar-refractivity contribution is -0.155. The molecule has 0 aliphatic carbocycles. The summed E-state index contributed by atoms with van der Waals surface area (Å²) in [6.45, 7) is 2.56. The summed E-state index contributed by atoms with van der Waals surface area (Å²) in [5.41, 5.74) is 0.770. The van der Waals surface area contributed by atoms with Crippen molar-refractivity contribution in [2.75, 3.05) is 6.61 Å². The molecule has 3 atom stereocenters. The molecule has 1 saturated heterocycles. The van der Waals surface area contributed by atoms with Gasteiger partial charge in [0, 0.05) is 20.3 Å². The van der Waals surface area contributed by atoms with Crippen LogP contribution in [0.25, 0.3) is 11.2 Å². The van der Waals surface area contributed by atoms with Gasteiger partial charge in [-0.1, -0.05) is 11.6 Å². The largest absolute Gasteiger partial charge is 0.463 e. The fourth-order valence-electron chi connectivity index (χ4n) is 2.63. The maximum absolute atomic E-state index is 11.3. The van der Waals surface area contributed by atoms with Crippen LogP contribution in [0.15, 0.2) is 6.33 Å². The van der Waals surface area contributed by atoms with E-state index in [9.17, 15) is 9.59 Å². The number of ether oxygens (including phenoxy) is 3. The summed E-state index contributed by atoms with van der Waals surface area (Å²) in [4.78, 5) is 34.5. The number of carbonyl (C=O) groups excluding carboxylic acids is 2. The Hall–Kier alpha value is -1.97. The third-order valence-corrected chi connectivity index (χ3v) is 4.04. The van der Waals surface area contributed by atoms with Crippen LogP contribution in [0.5, 0.6) is 0 Å². The van der Waals surface area contributed by atoms with Crippen molar-refractivity contribution in [2.45, 2.75) is 38.7 Å². The molecule has 134 valence electrons. The van der Waals surface area contributed by atoms with Crippen molar-refractivity contribution in [1.29, 1.82) is 0 Å². The molecule has 2 aromatic heterocycles. The summed E-state index contributed by atoms with van der Waals surface area (Å²) in [5.74, 6) is -0.904. The van der Waals surface area contributed by atoms with Gasteiger partial charge in [0.05, 0.1) is 6.33 Å². The lowest BCUT2D eigenvalue weighted by Gasteiger charge is -2.17. The Kier molecular flexibility index (Phi) is 5.07. The van der Waals surface area contributed by atoms with E-state index in [2.05, 4.69) is 15.0 Å². The molecule has 0 radical (unpaired) electrons. The van der Waals surface area contributed by atoms with E-state index >= 15 is 0 Å². The number of hydrogen-bond acceptors (Lipinski definition) is 8. The molecule has 25 heavy (non-hydrogen) atoms. The van der Waals surface area contributed by atoms with Crippen molar-refractivity contribution in [3.63, 3.8) is 0 Å². The zero-order valence-corrected chi connectivity index (χ0v) is 14.8. The quantitative estimate of drug-likeness (QED) is 0.444. The molecule has 0 amide bonds. The van der Waals surface area contributed by atoms with Gasteiger partial charge in [0.1, 0.15) is 30.6 Å². The number of carbonyl (C=O) groups is 2. The average Bonchev–Trinajstić information content (AvgIpc) is 3.08. The summed E-state index contributed by atoms with van der Waals surface area (Å²) >= 11 is 11.9. The van der Waals surface area contributed by atoms with Crippen LogP contribution in [0, 0.1) is 0 Å². The molecule has 0 saturated carbocycles. The molecule has 9 nitrogen and oxygen atoms in total. The monoisotopic (exact) mass is 388 g/mol. The van der Waals surface area contributed by atoms with Crippen molar-refractivity contribution in [2.24, 2.45) is 0 Å². The molecule has 1 unspecified atom stereocenters. The van der Waals surface area contributed by atoms with Gasteiger partial charge in [-0.3, -0.25) is 14.2 Å². The summed E-state index contributed by atoms with van der Waals surface area (Å²) in [6, 6.07) is 0. The second-order valence-electron chi connectivity index (χ2n) is 5.42. The molecule has 0 spiro atoms. The zero-order chi connectivity index (χ0) is 18.1. The first-order valence-electron chi connectivity index (χ1n) is 7.36. The van der Waals surface area contributed by atoms with E-state index in [0.29, 0.717) is 17.6 Å². The lowest BCUT2D eigenvalue weighted by Crippen LogP contribution is -2.31. The highest BCUT2D eigenvalue weighted by atomic mass is 35.5. The third kappa shape index (κ3) is 3.83. The van der Waals surface area contributed by atoms with E-state index in [1.165, 1.54) is 20.2 Å². The summed E-state index contributed by atoms with van der Waals surface area (Å²) in [6.07, 6.45) is 0.0913. The number of halogens is 2. The first-order valence-corrected chi connectivity index (χ1v) is 8.12. The van der Waals surface area contributed by atoms with E-state index < -0.39 is 30.4 Å². The predicted octanol–water partition coefficient (Wildman–Crippen LogP) is 1.92. The van der Waals surface area contributed by atoms with Gasteiger partial charge in [-0.25, -0.2) is 9.97 Å². The fraction of sp³-hybridized carbons (Fsp3) is 0.500. The van der Waals surface area contributed by atoms with Crippen molar-refractivity contribution >= 4 is 46.3 Å². The number of fused-ring (bicyclic) bond motifs is 1. The molecule has 1 aliphatic rings. The van der Waals surface area contributed by atoms with Crippen LogP contribution < -0.4 is 0 Å². The first-order chi connectivity index (χ1) is 11.8. The molecular weight excluding hydrogens is 375 g/mol. The van der Waals surface area contributed by atoms with Gasteiger partial charge in [-0.15, -0.1) is 0 Å². The molecule has 3 rings (SSSR count). The Labute approximate surface area is 152 Å². The van der Waals surface area contributed by atoms with Gasteiger partial charge < -0.3 is 14.2 Å². The van der Waals surface area contributed by atoms with Crippen molar-refractivity contribution in [3.8, 4) is 0 Å². The maximum Gasteiger partial charge on any atom is 0.303 e. The third-order valence-electron chi connectivity index (χ3n) is 3.61. The Morgan fingerprint density at radius 1 is 1.32 bits per heavy atom.